The van der Waals surface area contributed by atoms with Gasteiger partial charge in [0.15, 0.2) is 0 Å². The minimum absolute atomic E-state index is 0.149. The van der Waals surface area contributed by atoms with Gasteiger partial charge < -0.3 is 15.7 Å². The monoisotopic (exact) mass is 430 g/mol. The minimum atomic E-state index is -1.28. The summed E-state index contributed by atoms with van der Waals surface area (Å²) in [5.41, 5.74) is 0.149. The molecule has 3 N–H and O–H groups in total. The fraction of sp³-hybridized carbons (Fsp3) is 0.133. The first kappa shape index (κ1) is 18.4. The number of carboxylic acid groups (broad SMARTS) is 1. The number of hydrogen-bond acceptors (Lipinski definition) is 4. The Morgan fingerprint density at radius 3 is 2.58 bits per heavy atom. The van der Waals surface area contributed by atoms with Crippen LogP contribution in [-0.4, -0.2) is 35.5 Å². The van der Waals surface area contributed by atoms with Crippen LogP contribution in [0, 0.1) is 0 Å². The summed E-state index contributed by atoms with van der Waals surface area (Å²) in [6, 6.07) is 6.69. The first-order chi connectivity index (χ1) is 11.4. The van der Waals surface area contributed by atoms with E-state index in [9.17, 15) is 19.5 Å². The zero-order valence-corrected chi connectivity index (χ0v) is 15.2. The molecule has 1 aromatic heterocycles. The van der Waals surface area contributed by atoms with Gasteiger partial charge in [0.25, 0.3) is 11.8 Å². The van der Waals surface area contributed by atoms with Gasteiger partial charge in [-0.05, 0) is 29.6 Å². The van der Waals surface area contributed by atoms with Crippen LogP contribution in [0.2, 0.25) is 5.02 Å². The first-order valence-electron chi connectivity index (χ1n) is 6.69. The third kappa shape index (κ3) is 4.80. The minimum Gasteiger partial charge on any atom is -0.480 e. The number of carbonyl (C=O) groups is 3. The second-order valence-corrected chi connectivity index (χ2v) is 6.95. The van der Waals surface area contributed by atoms with Crippen LogP contribution < -0.4 is 10.6 Å². The number of thiophene rings is 1. The third-order valence-electron chi connectivity index (χ3n) is 2.99. The van der Waals surface area contributed by atoms with Crippen molar-refractivity contribution in [2.75, 3.05) is 6.54 Å². The highest BCUT2D eigenvalue weighted by Crippen LogP contribution is 2.21. The van der Waals surface area contributed by atoms with Gasteiger partial charge in [0, 0.05) is 11.0 Å². The maximum absolute atomic E-state index is 12.2. The first-order valence-corrected chi connectivity index (χ1v) is 8.74. The van der Waals surface area contributed by atoms with Crippen molar-refractivity contribution >= 4 is 56.7 Å². The van der Waals surface area contributed by atoms with E-state index in [0.717, 1.165) is 0 Å². The van der Waals surface area contributed by atoms with Crippen molar-refractivity contribution in [3.8, 4) is 0 Å². The molecule has 0 aliphatic rings. The lowest BCUT2D eigenvalue weighted by Gasteiger charge is -2.15. The standard InChI is InChI=1S/C15H12BrClN2O4S/c16-8-3-4-9(10(17)6-8)13(20)19-11(15(22)23)7-18-14(21)12-2-1-5-24-12/h1-6,11H,7H2,(H,18,21)(H,19,20)(H,22,23)/t11-/m0/s1. The third-order valence-corrected chi connectivity index (χ3v) is 4.67. The van der Waals surface area contributed by atoms with Gasteiger partial charge in [-0.15, -0.1) is 11.3 Å². The second kappa shape index (κ2) is 8.27. The predicted octanol–water partition coefficient (Wildman–Crippen LogP) is 2.78. The van der Waals surface area contributed by atoms with E-state index in [1.54, 1.807) is 23.6 Å². The molecule has 0 aliphatic heterocycles. The number of rotatable bonds is 6. The fourth-order valence-electron chi connectivity index (χ4n) is 1.80. The van der Waals surface area contributed by atoms with Crippen molar-refractivity contribution in [1.82, 2.24) is 10.6 Å². The number of hydrogen-bond donors (Lipinski definition) is 3. The largest absolute Gasteiger partial charge is 0.480 e. The smallest absolute Gasteiger partial charge is 0.328 e. The summed E-state index contributed by atoms with van der Waals surface area (Å²) in [6.45, 7) is -0.244. The molecule has 0 bridgehead atoms. The van der Waals surface area contributed by atoms with Crippen molar-refractivity contribution < 1.29 is 19.5 Å². The Morgan fingerprint density at radius 2 is 2.00 bits per heavy atom. The molecule has 2 rings (SSSR count). The van der Waals surface area contributed by atoms with E-state index in [2.05, 4.69) is 26.6 Å². The lowest BCUT2D eigenvalue weighted by Crippen LogP contribution is -2.48. The molecule has 0 aliphatic carbocycles. The van der Waals surface area contributed by atoms with Crippen molar-refractivity contribution in [3.05, 3.63) is 55.6 Å². The number of nitrogens with one attached hydrogen (secondary N) is 2. The molecule has 9 heteroatoms. The quantitative estimate of drug-likeness (QED) is 0.655. The molecular formula is C15H12BrClN2O4S. The summed E-state index contributed by atoms with van der Waals surface area (Å²) in [5.74, 6) is -2.29. The molecule has 6 nitrogen and oxygen atoms in total. The normalized spacial score (nSPS) is 11.6. The SMILES string of the molecule is O=C(NC[C@H](NC(=O)c1ccc(Br)cc1Cl)C(=O)O)c1cccs1. The number of benzene rings is 1. The molecule has 1 atom stereocenters. The molecule has 1 aromatic carbocycles. The van der Waals surface area contributed by atoms with Gasteiger partial charge in [-0.2, -0.15) is 0 Å². The molecule has 1 heterocycles. The van der Waals surface area contributed by atoms with Crippen LogP contribution in [0.4, 0.5) is 0 Å². The summed E-state index contributed by atoms with van der Waals surface area (Å²) in [6.07, 6.45) is 0. The average molecular weight is 432 g/mol. The maximum Gasteiger partial charge on any atom is 0.328 e. The molecule has 2 aromatic rings. The van der Waals surface area contributed by atoms with Crippen LogP contribution in [0.25, 0.3) is 0 Å². The number of halogens is 2. The Kier molecular flexibility index (Phi) is 6.36. The van der Waals surface area contributed by atoms with Crippen LogP contribution in [0.15, 0.2) is 40.2 Å². The van der Waals surface area contributed by atoms with Crippen molar-refractivity contribution in [3.63, 3.8) is 0 Å². The zero-order chi connectivity index (χ0) is 17.7. The van der Waals surface area contributed by atoms with Crippen LogP contribution in [-0.2, 0) is 4.79 Å². The Hall–Kier alpha value is -1.90. The second-order valence-electron chi connectivity index (χ2n) is 4.68. The molecule has 24 heavy (non-hydrogen) atoms. The Bertz CT molecular complexity index is 767. The molecule has 0 spiro atoms. The summed E-state index contributed by atoms with van der Waals surface area (Å²) in [5, 5.41) is 16.0. The van der Waals surface area contributed by atoms with Gasteiger partial charge in [0.1, 0.15) is 6.04 Å². The van der Waals surface area contributed by atoms with Crippen LogP contribution in [0.5, 0.6) is 0 Å². The van der Waals surface area contributed by atoms with E-state index in [0.29, 0.717) is 9.35 Å². The summed E-state index contributed by atoms with van der Waals surface area (Å²) in [7, 11) is 0. The molecule has 0 radical (unpaired) electrons. The molecule has 0 fully saturated rings. The number of carbonyl (C=O) groups excluding carboxylic acids is 2. The molecule has 0 unspecified atom stereocenters. The van der Waals surface area contributed by atoms with Gasteiger partial charge in [-0.1, -0.05) is 33.6 Å². The molecule has 126 valence electrons. The summed E-state index contributed by atoms with van der Waals surface area (Å²) >= 11 is 10.4. The van der Waals surface area contributed by atoms with Gasteiger partial charge >= 0.3 is 5.97 Å². The van der Waals surface area contributed by atoms with Crippen molar-refractivity contribution in [2.45, 2.75) is 6.04 Å². The highest BCUT2D eigenvalue weighted by molar-refractivity contribution is 9.10. The van der Waals surface area contributed by atoms with E-state index in [-0.39, 0.29) is 17.1 Å². The van der Waals surface area contributed by atoms with E-state index < -0.39 is 23.8 Å². The topological polar surface area (TPSA) is 95.5 Å². The lowest BCUT2D eigenvalue weighted by molar-refractivity contribution is -0.139. The molecule has 0 saturated heterocycles. The maximum atomic E-state index is 12.2. The molecule has 0 saturated carbocycles. The van der Waals surface area contributed by atoms with Crippen molar-refractivity contribution in [2.24, 2.45) is 0 Å². The fourth-order valence-corrected chi connectivity index (χ4v) is 3.20. The molecule has 2 amide bonds. The van der Waals surface area contributed by atoms with Crippen LogP contribution >= 0.6 is 38.9 Å². The highest BCUT2D eigenvalue weighted by atomic mass is 79.9. The van der Waals surface area contributed by atoms with E-state index in [1.807, 2.05) is 0 Å². The Balaban J connectivity index is 2.01. The highest BCUT2D eigenvalue weighted by Gasteiger charge is 2.23. The van der Waals surface area contributed by atoms with Crippen molar-refractivity contribution in [1.29, 1.82) is 0 Å². The summed E-state index contributed by atoms with van der Waals surface area (Å²) < 4.78 is 0.696. The molecular weight excluding hydrogens is 420 g/mol. The van der Waals surface area contributed by atoms with E-state index in [4.69, 9.17) is 11.6 Å². The van der Waals surface area contributed by atoms with Crippen LogP contribution in [0.3, 0.4) is 0 Å². The summed E-state index contributed by atoms with van der Waals surface area (Å²) in [4.78, 5) is 35.8. The average Bonchev–Trinajstić information content (AvgIpc) is 3.05. The van der Waals surface area contributed by atoms with Gasteiger partial charge in [-0.3, -0.25) is 9.59 Å². The van der Waals surface area contributed by atoms with Gasteiger partial charge in [-0.25, -0.2) is 4.79 Å². The van der Waals surface area contributed by atoms with Crippen LogP contribution in [0.1, 0.15) is 20.0 Å². The zero-order valence-electron chi connectivity index (χ0n) is 12.1. The number of amides is 2. The van der Waals surface area contributed by atoms with Gasteiger partial charge in [0.2, 0.25) is 0 Å². The predicted molar refractivity (Wildman–Crippen MR) is 94.7 cm³/mol. The number of aliphatic carboxylic acids is 1. The van der Waals surface area contributed by atoms with E-state index in [1.165, 1.54) is 23.5 Å². The lowest BCUT2D eigenvalue weighted by atomic mass is 10.2. The number of carboxylic acids is 1. The van der Waals surface area contributed by atoms with E-state index >= 15 is 0 Å². The van der Waals surface area contributed by atoms with Gasteiger partial charge in [0.05, 0.1) is 15.5 Å². The Labute approximate surface area is 155 Å². The Morgan fingerprint density at radius 1 is 1.25 bits per heavy atom.